The summed E-state index contributed by atoms with van der Waals surface area (Å²) >= 11 is 0. The van der Waals surface area contributed by atoms with E-state index >= 15 is 0 Å². The standard InChI is InChI=1S/C17H18N2O2/c18-16-9-13(17(20)21)5-6-15(16)11-19-8-7-12-3-1-2-4-14(12)10-19/h1-6,9H,7-8,10-11,18H2,(H,20,21). The molecule has 0 saturated carbocycles. The van der Waals surface area contributed by atoms with Gasteiger partial charge in [-0.25, -0.2) is 4.79 Å². The summed E-state index contributed by atoms with van der Waals surface area (Å²) in [4.78, 5) is 13.3. The normalized spacial score (nSPS) is 14.7. The van der Waals surface area contributed by atoms with Crippen molar-refractivity contribution in [2.45, 2.75) is 19.5 Å². The molecule has 0 radical (unpaired) electrons. The van der Waals surface area contributed by atoms with Crippen LogP contribution in [0.4, 0.5) is 5.69 Å². The molecule has 3 rings (SSSR count). The van der Waals surface area contributed by atoms with Crippen molar-refractivity contribution in [1.82, 2.24) is 4.90 Å². The average molecular weight is 282 g/mol. The van der Waals surface area contributed by atoms with Crippen LogP contribution in [0.15, 0.2) is 42.5 Å². The number of benzene rings is 2. The molecule has 0 aliphatic carbocycles. The second-order valence-corrected chi connectivity index (χ2v) is 5.45. The van der Waals surface area contributed by atoms with Gasteiger partial charge in [-0.2, -0.15) is 0 Å². The summed E-state index contributed by atoms with van der Waals surface area (Å²) in [5.74, 6) is -0.944. The monoisotopic (exact) mass is 282 g/mol. The number of rotatable bonds is 3. The molecule has 21 heavy (non-hydrogen) atoms. The van der Waals surface area contributed by atoms with Gasteiger partial charge in [0.05, 0.1) is 5.56 Å². The molecule has 4 heteroatoms. The summed E-state index contributed by atoms with van der Waals surface area (Å²) in [5, 5.41) is 8.96. The third-order valence-corrected chi connectivity index (χ3v) is 4.00. The van der Waals surface area contributed by atoms with Crippen molar-refractivity contribution in [1.29, 1.82) is 0 Å². The third kappa shape index (κ3) is 2.90. The third-order valence-electron chi connectivity index (χ3n) is 4.00. The van der Waals surface area contributed by atoms with Gasteiger partial charge in [-0.1, -0.05) is 30.3 Å². The summed E-state index contributed by atoms with van der Waals surface area (Å²) in [5.41, 5.74) is 10.5. The van der Waals surface area contributed by atoms with Gasteiger partial charge in [-0.05, 0) is 35.2 Å². The topological polar surface area (TPSA) is 66.6 Å². The number of carboxylic acid groups (broad SMARTS) is 1. The molecule has 0 aromatic heterocycles. The predicted molar refractivity (Wildman–Crippen MR) is 82.1 cm³/mol. The Bertz CT molecular complexity index is 682. The lowest BCUT2D eigenvalue weighted by Crippen LogP contribution is -2.30. The van der Waals surface area contributed by atoms with Crippen molar-refractivity contribution in [2.75, 3.05) is 12.3 Å². The Morgan fingerprint density at radius 3 is 2.67 bits per heavy atom. The van der Waals surface area contributed by atoms with Crippen molar-refractivity contribution >= 4 is 11.7 Å². The molecule has 0 spiro atoms. The molecule has 0 amide bonds. The molecule has 1 aliphatic heterocycles. The largest absolute Gasteiger partial charge is 0.478 e. The fraction of sp³-hybridized carbons (Fsp3) is 0.235. The molecule has 2 aromatic carbocycles. The lowest BCUT2D eigenvalue weighted by Gasteiger charge is -2.29. The molecule has 108 valence electrons. The molecule has 1 aliphatic rings. The van der Waals surface area contributed by atoms with Gasteiger partial charge >= 0.3 is 5.97 Å². The molecule has 0 fully saturated rings. The molecule has 3 N–H and O–H groups in total. The second-order valence-electron chi connectivity index (χ2n) is 5.45. The Morgan fingerprint density at radius 1 is 1.19 bits per heavy atom. The van der Waals surface area contributed by atoms with E-state index in [1.54, 1.807) is 6.07 Å². The van der Waals surface area contributed by atoms with Crippen LogP contribution in [0.3, 0.4) is 0 Å². The van der Waals surface area contributed by atoms with E-state index in [2.05, 4.69) is 29.2 Å². The second kappa shape index (κ2) is 5.58. The van der Waals surface area contributed by atoms with E-state index in [0.717, 1.165) is 31.6 Å². The van der Waals surface area contributed by atoms with Crippen LogP contribution in [-0.2, 0) is 19.5 Å². The number of hydrogen-bond acceptors (Lipinski definition) is 3. The molecule has 0 saturated heterocycles. The molecular formula is C17H18N2O2. The van der Waals surface area contributed by atoms with Crippen LogP contribution in [0.25, 0.3) is 0 Å². The van der Waals surface area contributed by atoms with E-state index in [0.29, 0.717) is 5.69 Å². The smallest absolute Gasteiger partial charge is 0.335 e. The van der Waals surface area contributed by atoms with E-state index in [1.807, 2.05) is 6.07 Å². The number of carbonyl (C=O) groups is 1. The maximum Gasteiger partial charge on any atom is 0.335 e. The minimum atomic E-state index is -0.944. The van der Waals surface area contributed by atoms with Gasteiger partial charge in [-0.15, -0.1) is 0 Å². The quantitative estimate of drug-likeness (QED) is 0.849. The highest BCUT2D eigenvalue weighted by Crippen LogP contribution is 2.22. The van der Waals surface area contributed by atoms with E-state index < -0.39 is 5.97 Å². The van der Waals surface area contributed by atoms with Crippen LogP contribution in [0, 0.1) is 0 Å². The van der Waals surface area contributed by atoms with Crippen molar-refractivity contribution in [3.05, 3.63) is 64.7 Å². The molecule has 0 unspecified atom stereocenters. The maximum absolute atomic E-state index is 10.9. The number of nitrogens with zero attached hydrogens (tertiary/aromatic N) is 1. The van der Waals surface area contributed by atoms with Crippen LogP contribution < -0.4 is 5.73 Å². The fourth-order valence-corrected chi connectivity index (χ4v) is 2.80. The van der Waals surface area contributed by atoms with E-state index in [4.69, 9.17) is 10.8 Å². The van der Waals surface area contributed by atoms with Crippen molar-refractivity contribution in [3.8, 4) is 0 Å². The van der Waals surface area contributed by atoms with Crippen molar-refractivity contribution in [3.63, 3.8) is 0 Å². The zero-order valence-corrected chi connectivity index (χ0v) is 11.7. The molecule has 0 bridgehead atoms. The van der Waals surface area contributed by atoms with Gasteiger partial charge in [0.25, 0.3) is 0 Å². The summed E-state index contributed by atoms with van der Waals surface area (Å²) in [7, 11) is 0. The van der Waals surface area contributed by atoms with Crippen LogP contribution >= 0.6 is 0 Å². The average Bonchev–Trinajstić information content (AvgIpc) is 2.49. The number of carboxylic acids is 1. The first-order valence-corrected chi connectivity index (χ1v) is 7.04. The van der Waals surface area contributed by atoms with Crippen molar-refractivity contribution in [2.24, 2.45) is 0 Å². The Balaban J connectivity index is 1.75. The summed E-state index contributed by atoms with van der Waals surface area (Å²) < 4.78 is 0. The fourth-order valence-electron chi connectivity index (χ4n) is 2.80. The Morgan fingerprint density at radius 2 is 1.95 bits per heavy atom. The van der Waals surface area contributed by atoms with Crippen molar-refractivity contribution < 1.29 is 9.90 Å². The molecule has 4 nitrogen and oxygen atoms in total. The summed E-state index contributed by atoms with van der Waals surface area (Å²) in [6, 6.07) is 13.5. The number of anilines is 1. The van der Waals surface area contributed by atoms with Gasteiger partial charge in [0.15, 0.2) is 0 Å². The van der Waals surface area contributed by atoms with E-state index in [-0.39, 0.29) is 5.56 Å². The van der Waals surface area contributed by atoms with Gasteiger partial charge in [0.2, 0.25) is 0 Å². The highest BCUT2D eigenvalue weighted by atomic mass is 16.4. The first-order chi connectivity index (χ1) is 10.1. The molecule has 2 aromatic rings. The molecular weight excluding hydrogens is 264 g/mol. The Kier molecular flexibility index (Phi) is 3.62. The van der Waals surface area contributed by atoms with Gasteiger partial charge < -0.3 is 10.8 Å². The minimum absolute atomic E-state index is 0.236. The highest BCUT2D eigenvalue weighted by Gasteiger charge is 2.17. The Labute approximate surface area is 123 Å². The van der Waals surface area contributed by atoms with Crippen LogP contribution in [0.5, 0.6) is 0 Å². The van der Waals surface area contributed by atoms with Crippen LogP contribution in [-0.4, -0.2) is 22.5 Å². The van der Waals surface area contributed by atoms with E-state index in [1.165, 1.54) is 17.2 Å². The minimum Gasteiger partial charge on any atom is -0.478 e. The summed E-state index contributed by atoms with van der Waals surface area (Å²) in [6.45, 7) is 2.66. The number of nitrogen functional groups attached to an aromatic ring is 1. The van der Waals surface area contributed by atoms with E-state index in [9.17, 15) is 4.79 Å². The zero-order valence-electron chi connectivity index (χ0n) is 11.7. The first-order valence-electron chi connectivity index (χ1n) is 7.04. The van der Waals surface area contributed by atoms with Gasteiger partial charge in [-0.3, -0.25) is 4.90 Å². The van der Waals surface area contributed by atoms with Crippen LogP contribution in [0.2, 0.25) is 0 Å². The Hall–Kier alpha value is -2.33. The maximum atomic E-state index is 10.9. The predicted octanol–water partition coefficient (Wildman–Crippen LogP) is 2.53. The first kappa shape index (κ1) is 13.6. The zero-order chi connectivity index (χ0) is 14.8. The lowest BCUT2D eigenvalue weighted by molar-refractivity contribution is 0.0697. The SMILES string of the molecule is Nc1cc(C(=O)O)ccc1CN1CCc2ccccc2C1. The van der Waals surface area contributed by atoms with Gasteiger partial charge in [0.1, 0.15) is 0 Å². The molecule has 0 atom stereocenters. The highest BCUT2D eigenvalue weighted by molar-refractivity contribution is 5.88. The van der Waals surface area contributed by atoms with Gasteiger partial charge in [0, 0.05) is 25.3 Å². The number of aromatic carboxylic acids is 1. The molecule has 1 heterocycles. The summed E-state index contributed by atoms with van der Waals surface area (Å²) in [6.07, 6.45) is 1.04. The number of nitrogens with two attached hydrogens (primary N) is 1. The lowest BCUT2D eigenvalue weighted by atomic mass is 9.99. The number of fused-ring (bicyclic) bond motifs is 1. The number of hydrogen-bond donors (Lipinski definition) is 2. The van der Waals surface area contributed by atoms with Crippen LogP contribution in [0.1, 0.15) is 27.0 Å².